The molecule has 1 aromatic carbocycles. The van der Waals surface area contributed by atoms with Crippen LogP contribution in [0.5, 0.6) is 0 Å². The number of hydrogen-bond acceptors (Lipinski definition) is 6. The maximum Gasteiger partial charge on any atom is 0.141 e. The van der Waals surface area contributed by atoms with Gasteiger partial charge in [0.05, 0.1) is 5.39 Å². The molecule has 0 unspecified atom stereocenters. The van der Waals surface area contributed by atoms with Crippen LogP contribution in [-0.4, -0.2) is 46.7 Å². The van der Waals surface area contributed by atoms with Crippen molar-refractivity contribution in [2.75, 3.05) is 31.1 Å². The summed E-state index contributed by atoms with van der Waals surface area (Å²) < 4.78 is 0. The molecule has 0 atom stereocenters. The minimum Gasteiger partial charge on any atom is -0.356 e. The molecule has 5 nitrogen and oxygen atoms in total. The summed E-state index contributed by atoms with van der Waals surface area (Å²) in [4.78, 5) is 12.8. The number of nitrogens with one attached hydrogen (secondary N) is 1. The summed E-state index contributed by atoms with van der Waals surface area (Å²) in [6.07, 6.45) is 6.72. The third-order valence-corrected chi connectivity index (χ3v) is 7.71. The van der Waals surface area contributed by atoms with Gasteiger partial charge in [0.1, 0.15) is 17.0 Å². The molecular weight excluding hydrogens is 390 g/mol. The smallest absolute Gasteiger partial charge is 0.141 e. The number of fused-ring (bicyclic) bond motifs is 1. The third-order valence-electron chi connectivity index (χ3n) is 6.82. The molecule has 0 radical (unpaired) electrons. The number of hydrazine groups is 1. The van der Waals surface area contributed by atoms with Gasteiger partial charge in [-0.15, -0.1) is 11.3 Å². The van der Waals surface area contributed by atoms with E-state index < -0.39 is 0 Å². The van der Waals surface area contributed by atoms with Gasteiger partial charge >= 0.3 is 0 Å². The average molecular weight is 422 g/mol. The molecular formula is C24H31N5S. The lowest BCUT2D eigenvalue weighted by Crippen LogP contribution is -2.50. The fourth-order valence-electron chi connectivity index (χ4n) is 4.92. The highest BCUT2D eigenvalue weighted by Gasteiger charge is 2.32. The van der Waals surface area contributed by atoms with Gasteiger partial charge in [-0.3, -0.25) is 5.43 Å². The molecule has 4 heterocycles. The normalized spacial score (nSPS) is 20.3. The Labute approximate surface area is 183 Å². The molecule has 2 fully saturated rings. The largest absolute Gasteiger partial charge is 0.356 e. The minimum absolute atomic E-state index is 0.292. The second kappa shape index (κ2) is 8.25. The summed E-state index contributed by atoms with van der Waals surface area (Å²) in [5.41, 5.74) is 6.53. The van der Waals surface area contributed by atoms with Crippen molar-refractivity contribution in [3.05, 3.63) is 42.0 Å². The van der Waals surface area contributed by atoms with Gasteiger partial charge < -0.3 is 4.90 Å². The maximum absolute atomic E-state index is 4.74. The van der Waals surface area contributed by atoms with Gasteiger partial charge in [-0.1, -0.05) is 30.3 Å². The van der Waals surface area contributed by atoms with Crippen LogP contribution >= 0.6 is 11.3 Å². The zero-order chi connectivity index (χ0) is 20.6. The molecule has 2 aromatic heterocycles. The van der Waals surface area contributed by atoms with Crippen molar-refractivity contribution in [2.24, 2.45) is 5.92 Å². The Morgan fingerprint density at radius 1 is 1.10 bits per heavy atom. The number of thiophene rings is 1. The number of nitrogens with zero attached hydrogens (tertiary/aromatic N) is 4. The molecule has 0 amide bonds. The lowest BCUT2D eigenvalue weighted by molar-refractivity contribution is 0.0947. The van der Waals surface area contributed by atoms with E-state index in [-0.39, 0.29) is 0 Å². The zero-order valence-corrected chi connectivity index (χ0v) is 18.8. The number of piperidine rings is 1. The Kier molecular flexibility index (Phi) is 5.48. The highest BCUT2D eigenvalue weighted by Crippen LogP contribution is 2.38. The van der Waals surface area contributed by atoms with Crippen molar-refractivity contribution in [1.82, 2.24) is 20.4 Å². The second-order valence-electron chi connectivity index (χ2n) is 9.25. The van der Waals surface area contributed by atoms with Crippen molar-refractivity contribution in [3.8, 4) is 11.1 Å². The lowest BCUT2D eigenvalue weighted by atomic mass is 9.96. The fraction of sp³-hybridized carbons (Fsp3) is 0.500. The molecule has 2 aliphatic rings. The third kappa shape index (κ3) is 3.84. The number of benzene rings is 1. The van der Waals surface area contributed by atoms with E-state index in [9.17, 15) is 0 Å². The van der Waals surface area contributed by atoms with Crippen LogP contribution in [0.25, 0.3) is 21.3 Å². The van der Waals surface area contributed by atoms with Gasteiger partial charge in [0.25, 0.3) is 0 Å². The Bertz CT molecular complexity index is 991. The van der Waals surface area contributed by atoms with E-state index in [2.05, 4.69) is 69.9 Å². The summed E-state index contributed by atoms with van der Waals surface area (Å²) >= 11 is 1.72. The summed E-state index contributed by atoms with van der Waals surface area (Å²) in [5.74, 6) is 1.83. The van der Waals surface area contributed by atoms with Crippen molar-refractivity contribution in [1.29, 1.82) is 0 Å². The van der Waals surface area contributed by atoms with Crippen LogP contribution in [0.15, 0.2) is 42.0 Å². The average Bonchev–Trinajstić information content (AvgIpc) is 3.36. The summed E-state index contributed by atoms with van der Waals surface area (Å²) in [6.45, 7) is 9.08. The fourth-order valence-corrected chi connectivity index (χ4v) is 5.83. The van der Waals surface area contributed by atoms with Crippen LogP contribution in [0.3, 0.4) is 0 Å². The first-order valence-corrected chi connectivity index (χ1v) is 12.0. The Morgan fingerprint density at radius 2 is 1.90 bits per heavy atom. The first kappa shape index (κ1) is 19.9. The topological polar surface area (TPSA) is 44.3 Å². The Morgan fingerprint density at radius 3 is 2.63 bits per heavy atom. The van der Waals surface area contributed by atoms with E-state index in [0.29, 0.717) is 5.54 Å². The van der Waals surface area contributed by atoms with Crippen LogP contribution in [0.4, 0.5) is 5.82 Å². The van der Waals surface area contributed by atoms with Crippen molar-refractivity contribution < 1.29 is 0 Å². The predicted molar refractivity (Wildman–Crippen MR) is 126 cm³/mol. The molecule has 1 N–H and O–H groups in total. The number of rotatable bonds is 5. The molecule has 5 rings (SSSR count). The molecule has 3 aromatic rings. The summed E-state index contributed by atoms with van der Waals surface area (Å²) in [5, 5.41) is 5.90. The first-order valence-electron chi connectivity index (χ1n) is 11.2. The van der Waals surface area contributed by atoms with Crippen LogP contribution in [0.1, 0.15) is 39.5 Å². The Balaban J connectivity index is 1.29. The first-order chi connectivity index (χ1) is 14.6. The monoisotopic (exact) mass is 421 g/mol. The van der Waals surface area contributed by atoms with Crippen molar-refractivity contribution in [3.63, 3.8) is 0 Å². The van der Waals surface area contributed by atoms with E-state index >= 15 is 0 Å². The molecule has 30 heavy (non-hydrogen) atoms. The quantitative estimate of drug-likeness (QED) is 0.631. The SMILES string of the molecule is CC1(C)CCCN1NCC1CCN(c2ncnc3scc(-c4ccccc4)c23)CC1. The van der Waals surface area contributed by atoms with E-state index in [1.165, 1.54) is 48.7 Å². The van der Waals surface area contributed by atoms with Gasteiger partial charge in [-0.05, 0) is 51.0 Å². The highest BCUT2D eigenvalue weighted by atomic mass is 32.1. The van der Waals surface area contributed by atoms with Crippen LogP contribution in [0, 0.1) is 5.92 Å². The van der Waals surface area contributed by atoms with E-state index in [4.69, 9.17) is 4.98 Å². The second-order valence-corrected chi connectivity index (χ2v) is 10.1. The van der Waals surface area contributed by atoms with Crippen LogP contribution in [0.2, 0.25) is 0 Å². The van der Waals surface area contributed by atoms with E-state index in [1.807, 2.05) is 0 Å². The molecule has 0 spiro atoms. The predicted octanol–water partition coefficient (Wildman–Crippen LogP) is 4.95. The van der Waals surface area contributed by atoms with E-state index in [1.54, 1.807) is 17.7 Å². The van der Waals surface area contributed by atoms with E-state index in [0.717, 1.165) is 36.2 Å². The summed E-state index contributed by atoms with van der Waals surface area (Å²) in [6, 6.07) is 10.6. The van der Waals surface area contributed by atoms with Gasteiger partial charge in [0, 0.05) is 42.7 Å². The standard InChI is InChI=1S/C24H31N5S/c1-24(2)11-6-12-29(24)27-15-18-9-13-28(14-10-18)22-21-20(19-7-4-3-5-8-19)16-30-23(21)26-17-25-22/h3-5,7-8,16-18,27H,6,9-15H2,1-2H3. The van der Waals surface area contributed by atoms with Crippen molar-refractivity contribution in [2.45, 2.75) is 45.1 Å². The highest BCUT2D eigenvalue weighted by molar-refractivity contribution is 7.17. The Hall–Kier alpha value is -2.02. The van der Waals surface area contributed by atoms with Crippen molar-refractivity contribution >= 4 is 27.4 Å². The minimum atomic E-state index is 0.292. The number of hydrogen-bond donors (Lipinski definition) is 1. The molecule has 0 bridgehead atoms. The van der Waals surface area contributed by atoms with Gasteiger partial charge in [-0.25, -0.2) is 15.0 Å². The maximum atomic E-state index is 4.74. The zero-order valence-electron chi connectivity index (χ0n) is 18.0. The molecule has 158 valence electrons. The van der Waals surface area contributed by atoms with Crippen LogP contribution in [-0.2, 0) is 0 Å². The van der Waals surface area contributed by atoms with Gasteiger partial charge in [0.15, 0.2) is 0 Å². The molecule has 2 aliphatic heterocycles. The lowest BCUT2D eigenvalue weighted by Gasteiger charge is -2.36. The number of aromatic nitrogens is 2. The van der Waals surface area contributed by atoms with Gasteiger partial charge in [0.2, 0.25) is 0 Å². The molecule has 0 saturated carbocycles. The molecule has 6 heteroatoms. The van der Waals surface area contributed by atoms with Gasteiger partial charge in [-0.2, -0.15) is 0 Å². The molecule has 0 aliphatic carbocycles. The number of anilines is 1. The molecule has 2 saturated heterocycles. The van der Waals surface area contributed by atoms with Crippen LogP contribution < -0.4 is 10.3 Å². The summed E-state index contributed by atoms with van der Waals surface area (Å²) in [7, 11) is 0.